The Hall–Kier alpha value is -2.03. The van der Waals surface area contributed by atoms with Crippen LogP contribution in [0.25, 0.3) is 6.08 Å². The summed E-state index contributed by atoms with van der Waals surface area (Å²) in [5, 5.41) is 18.5. The fourth-order valence-corrected chi connectivity index (χ4v) is 1.80. The standard InChI is InChI=1S/C12H10O3/c1-7(12(14)15)11-9-5-3-2-4-8(9)6-10(11)13/h2-6,11,13H,1H2,(H,14,15). The molecule has 0 saturated carbocycles. The summed E-state index contributed by atoms with van der Waals surface area (Å²) in [4.78, 5) is 10.8. The molecule has 1 atom stereocenters. The molecule has 2 N–H and O–H groups in total. The van der Waals surface area contributed by atoms with Gasteiger partial charge in [-0.1, -0.05) is 30.8 Å². The number of hydrogen-bond acceptors (Lipinski definition) is 2. The molecule has 0 amide bonds. The third-order valence-electron chi connectivity index (χ3n) is 2.53. The van der Waals surface area contributed by atoms with Crippen LogP contribution >= 0.6 is 0 Å². The molecule has 1 aliphatic rings. The molecular weight excluding hydrogens is 192 g/mol. The van der Waals surface area contributed by atoms with Gasteiger partial charge >= 0.3 is 5.97 Å². The van der Waals surface area contributed by atoms with Crippen LogP contribution in [0.3, 0.4) is 0 Å². The number of rotatable bonds is 2. The maximum atomic E-state index is 10.8. The molecule has 1 aromatic rings. The Morgan fingerprint density at radius 1 is 1.33 bits per heavy atom. The van der Waals surface area contributed by atoms with E-state index in [1.165, 1.54) is 0 Å². The average Bonchev–Trinajstić information content (AvgIpc) is 2.52. The molecule has 0 heterocycles. The van der Waals surface area contributed by atoms with Gasteiger partial charge in [-0.05, 0) is 17.2 Å². The van der Waals surface area contributed by atoms with Crippen molar-refractivity contribution < 1.29 is 15.0 Å². The summed E-state index contributed by atoms with van der Waals surface area (Å²) in [7, 11) is 0. The summed E-state index contributed by atoms with van der Waals surface area (Å²) in [6, 6.07) is 7.29. The van der Waals surface area contributed by atoms with Crippen molar-refractivity contribution in [2.24, 2.45) is 0 Å². The molecule has 0 bridgehead atoms. The van der Waals surface area contributed by atoms with Crippen LogP contribution in [0, 0.1) is 0 Å². The van der Waals surface area contributed by atoms with Gasteiger partial charge in [0, 0.05) is 5.57 Å². The summed E-state index contributed by atoms with van der Waals surface area (Å²) in [5.41, 5.74) is 1.64. The highest BCUT2D eigenvalue weighted by atomic mass is 16.4. The van der Waals surface area contributed by atoms with Gasteiger partial charge in [-0.2, -0.15) is 0 Å². The van der Waals surface area contributed by atoms with Crippen molar-refractivity contribution in [1.82, 2.24) is 0 Å². The quantitative estimate of drug-likeness (QED) is 0.723. The molecular formula is C12H10O3. The minimum atomic E-state index is -1.09. The van der Waals surface area contributed by atoms with E-state index < -0.39 is 11.9 Å². The Balaban J connectivity index is 2.48. The van der Waals surface area contributed by atoms with Crippen LogP contribution < -0.4 is 0 Å². The summed E-state index contributed by atoms with van der Waals surface area (Å²) in [5.74, 6) is -1.64. The molecule has 1 unspecified atom stereocenters. The third kappa shape index (κ3) is 1.42. The fraction of sp³-hybridized carbons (Fsp3) is 0.0833. The molecule has 0 radical (unpaired) electrons. The molecule has 3 nitrogen and oxygen atoms in total. The van der Waals surface area contributed by atoms with E-state index in [4.69, 9.17) is 5.11 Å². The number of allylic oxidation sites excluding steroid dienone is 1. The van der Waals surface area contributed by atoms with Gasteiger partial charge in [-0.3, -0.25) is 0 Å². The van der Waals surface area contributed by atoms with Crippen LogP contribution in [0.1, 0.15) is 17.0 Å². The topological polar surface area (TPSA) is 57.5 Å². The summed E-state index contributed by atoms with van der Waals surface area (Å²) >= 11 is 0. The zero-order valence-electron chi connectivity index (χ0n) is 7.97. The molecule has 3 heteroatoms. The van der Waals surface area contributed by atoms with Gasteiger partial charge in [-0.15, -0.1) is 0 Å². The highest BCUT2D eigenvalue weighted by Crippen LogP contribution is 2.38. The maximum Gasteiger partial charge on any atom is 0.332 e. The lowest BCUT2D eigenvalue weighted by molar-refractivity contribution is -0.132. The van der Waals surface area contributed by atoms with E-state index in [2.05, 4.69) is 6.58 Å². The van der Waals surface area contributed by atoms with Crippen molar-refractivity contribution in [3.63, 3.8) is 0 Å². The average molecular weight is 202 g/mol. The number of benzene rings is 1. The molecule has 76 valence electrons. The summed E-state index contributed by atoms with van der Waals surface area (Å²) < 4.78 is 0. The van der Waals surface area contributed by atoms with Crippen molar-refractivity contribution in [3.05, 3.63) is 53.3 Å². The van der Waals surface area contributed by atoms with E-state index >= 15 is 0 Å². The minimum Gasteiger partial charge on any atom is -0.511 e. The van der Waals surface area contributed by atoms with E-state index in [9.17, 15) is 9.90 Å². The second-order valence-corrected chi connectivity index (χ2v) is 3.46. The number of hydrogen-bond donors (Lipinski definition) is 2. The molecule has 0 spiro atoms. The number of carbonyl (C=O) groups is 1. The molecule has 0 saturated heterocycles. The van der Waals surface area contributed by atoms with Crippen LogP contribution in [0.5, 0.6) is 0 Å². The van der Waals surface area contributed by atoms with E-state index in [-0.39, 0.29) is 11.3 Å². The Morgan fingerprint density at radius 2 is 2.00 bits per heavy atom. The zero-order chi connectivity index (χ0) is 11.0. The number of aliphatic hydroxyl groups excluding tert-OH is 1. The maximum absolute atomic E-state index is 10.8. The first kappa shape index (κ1) is 9.52. The van der Waals surface area contributed by atoms with Crippen molar-refractivity contribution in [3.8, 4) is 0 Å². The molecule has 0 aliphatic heterocycles. The Kier molecular flexibility index (Phi) is 2.08. The molecule has 1 aromatic carbocycles. The predicted octanol–water partition coefficient (Wildman–Crippen LogP) is 2.32. The molecule has 15 heavy (non-hydrogen) atoms. The van der Waals surface area contributed by atoms with Crippen LogP contribution in [0.2, 0.25) is 0 Å². The van der Waals surface area contributed by atoms with Crippen molar-refractivity contribution in [1.29, 1.82) is 0 Å². The van der Waals surface area contributed by atoms with E-state index in [0.717, 1.165) is 11.1 Å². The second-order valence-electron chi connectivity index (χ2n) is 3.46. The lowest BCUT2D eigenvalue weighted by Gasteiger charge is -2.12. The number of aliphatic carboxylic acids is 1. The molecule has 0 aromatic heterocycles. The van der Waals surface area contributed by atoms with E-state index in [1.54, 1.807) is 12.1 Å². The van der Waals surface area contributed by atoms with Gasteiger partial charge in [0.05, 0.1) is 5.92 Å². The lowest BCUT2D eigenvalue weighted by Crippen LogP contribution is -2.10. The smallest absolute Gasteiger partial charge is 0.332 e. The summed E-state index contributed by atoms with van der Waals surface area (Å²) in [6.45, 7) is 3.49. The van der Waals surface area contributed by atoms with E-state index in [0.29, 0.717) is 0 Å². The number of aliphatic hydroxyl groups is 1. The van der Waals surface area contributed by atoms with Crippen LogP contribution in [-0.2, 0) is 4.79 Å². The summed E-state index contributed by atoms with van der Waals surface area (Å²) in [6.07, 6.45) is 1.58. The van der Waals surface area contributed by atoms with E-state index in [1.807, 2.05) is 18.2 Å². The first-order chi connectivity index (χ1) is 7.11. The Bertz CT molecular complexity index is 472. The van der Waals surface area contributed by atoms with Crippen molar-refractivity contribution >= 4 is 12.0 Å². The normalized spacial score (nSPS) is 18.1. The zero-order valence-corrected chi connectivity index (χ0v) is 7.97. The Morgan fingerprint density at radius 3 is 2.67 bits per heavy atom. The highest BCUT2D eigenvalue weighted by Gasteiger charge is 2.30. The number of carboxylic acids is 1. The molecule has 2 rings (SSSR count). The van der Waals surface area contributed by atoms with Gasteiger partial charge in [0.2, 0.25) is 0 Å². The minimum absolute atomic E-state index is 0.00583. The van der Waals surface area contributed by atoms with Crippen LogP contribution in [-0.4, -0.2) is 16.2 Å². The number of fused-ring (bicyclic) bond motifs is 1. The Labute approximate surface area is 87.0 Å². The van der Waals surface area contributed by atoms with Gasteiger partial charge in [-0.25, -0.2) is 4.79 Å². The van der Waals surface area contributed by atoms with Crippen LogP contribution in [0.15, 0.2) is 42.2 Å². The van der Waals surface area contributed by atoms with Crippen LogP contribution in [0.4, 0.5) is 0 Å². The first-order valence-electron chi connectivity index (χ1n) is 4.53. The van der Waals surface area contributed by atoms with Gasteiger partial charge < -0.3 is 10.2 Å². The van der Waals surface area contributed by atoms with Gasteiger partial charge in [0.25, 0.3) is 0 Å². The highest BCUT2D eigenvalue weighted by molar-refractivity contribution is 5.90. The monoisotopic (exact) mass is 202 g/mol. The largest absolute Gasteiger partial charge is 0.511 e. The van der Waals surface area contributed by atoms with Gasteiger partial charge in [0.15, 0.2) is 0 Å². The SMILES string of the molecule is C=C(C(=O)O)C1C(O)=Cc2ccccc21. The predicted molar refractivity (Wildman–Crippen MR) is 56.6 cm³/mol. The van der Waals surface area contributed by atoms with Gasteiger partial charge in [0.1, 0.15) is 5.76 Å². The van der Waals surface area contributed by atoms with Crippen molar-refractivity contribution in [2.45, 2.75) is 5.92 Å². The number of carboxylic acid groups (broad SMARTS) is 1. The second kappa shape index (κ2) is 3.28. The molecule has 1 aliphatic carbocycles. The molecule has 0 fully saturated rings. The first-order valence-corrected chi connectivity index (χ1v) is 4.53. The van der Waals surface area contributed by atoms with Crippen molar-refractivity contribution in [2.75, 3.05) is 0 Å². The lowest BCUT2D eigenvalue weighted by atomic mass is 9.93. The third-order valence-corrected chi connectivity index (χ3v) is 2.53. The fourth-order valence-electron chi connectivity index (χ4n) is 1.80.